The standard InChI is InChI=1S/C20H17Cl2NO3S/c1-23(27(24,25)20-12-6-17(22)7-13-20)18-8-10-19(11-9-18)26-14-15-2-4-16(21)5-3-15/h2-13H,14H2,1H3. The zero-order valence-corrected chi connectivity index (χ0v) is 16.8. The molecule has 4 nitrogen and oxygen atoms in total. The van der Waals surface area contributed by atoms with Crippen LogP contribution in [-0.4, -0.2) is 15.5 Å². The zero-order valence-electron chi connectivity index (χ0n) is 14.5. The summed E-state index contributed by atoms with van der Waals surface area (Å²) < 4.78 is 32.4. The summed E-state index contributed by atoms with van der Waals surface area (Å²) in [7, 11) is -2.15. The number of hydrogen-bond donors (Lipinski definition) is 0. The van der Waals surface area contributed by atoms with E-state index in [4.69, 9.17) is 27.9 Å². The Morgan fingerprint density at radius 2 is 1.33 bits per heavy atom. The second-order valence-electron chi connectivity index (χ2n) is 5.84. The second-order valence-corrected chi connectivity index (χ2v) is 8.68. The first kappa shape index (κ1) is 19.5. The molecule has 0 bridgehead atoms. The van der Waals surface area contributed by atoms with Crippen molar-refractivity contribution in [3.63, 3.8) is 0 Å². The van der Waals surface area contributed by atoms with Crippen molar-refractivity contribution < 1.29 is 13.2 Å². The number of anilines is 1. The average molecular weight is 422 g/mol. The van der Waals surface area contributed by atoms with Crippen molar-refractivity contribution >= 4 is 38.9 Å². The smallest absolute Gasteiger partial charge is 0.264 e. The van der Waals surface area contributed by atoms with E-state index < -0.39 is 10.0 Å². The minimum Gasteiger partial charge on any atom is -0.489 e. The molecule has 0 aliphatic rings. The molecule has 0 fully saturated rings. The van der Waals surface area contributed by atoms with Crippen molar-refractivity contribution in [2.24, 2.45) is 0 Å². The van der Waals surface area contributed by atoms with E-state index in [0.717, 1.165) is 5.56 Å². The predicted molar refractivity (Wildman–Crippen MR) is 109 cm³/mol. The Morgan fingerprint density at radius 1 is 0.815 bits per heavy atom. The van der Waals surface area contributed by atoms with Gasteiger partial charge in [-0.3, -0.25) is 4.31 Å². The molecule has 0 aliphatic heterocycles. The molecule has 0 saturated carbocycles. The first-order valence-corrected chi connectivity index (χ1v) is 10.3. The highest BCUT2D eigenvalue weighted by atomic mass is 35.5. The molecule has 3 rings (SSSR count). The van der Waals surface area contributed by atoms with Gasteiger partial charge in [0.25, 0.3) is 10.0 Å². The third kappa shape index (κ3) is 4.75. The summed E-state index contributed by atoms with van der Waals surface area (Å²) in [6.07, 6.45) is 0. The fraction of sp³-hybridized carbons (Fsp3) is 0.100. The maximum absolute atomic E-state index is 12.7. The number of benzene rings is 3. The van der Waals surface area contributed by atoms with Crippen LogP contribution in [0.25, 0.3) is 0 Å². The van der Waals surface area contributed by atoms with E-state index in [1.165, 1.54) is 23.5 Å². The summed E-state index contributed by atoms with van der Waals surface area (Å²) in [6, 6.07) is 20.3. The molecule has 0 N–H and O–H groups in total. The molecule has 27 heavy (non-hydrogen) atoms. The molecule has 0 aromatic heterocycles. The minimum absolute atomic E-state index is 0.178. The van der Waals surface area contributed by atoms with Crippen LogP contribution in [0.5, 0.6) is 5.75 Å². The number of ether oxygens (including phenoxy) is 1. The summed E-state index contributed by atoms with van der Waals surface area (Å²) in [5.41, 5.74) is 1.52. The molecule has 0 atom stereocenters. The van der Waals surface area contributed by atoms with Crippen LogP contribution in [0.15, 0.2) is 77.7 Å². The van der Waals surface area contributed by atoms with Crippen LogP contribution in [0.2, 0.25) is 10.0 Å². The van der Waals surface area contributed by atoms with Crippen LogP contribution in [0.1, 0.15) is 5.56 Å². The van der Waals surface area contributed by atoms with Crippen molar-refractivity contribution in [3.05, 3.63) is 88.4 Å². The Bertz CT molecular complexity index is 1000. The molecule has 0 heterocycles. The Kier molecular flexibility index (Phi) is 5.95. The Hall–Kier alpha value is -2.21. The normalized spacial score (nSPS) is 11.2. The van der Waals surface area contributed by atoms with Gasteiger partial charge in [0.2, 0.25) is 0 Å². The highest BCUT2D eigenvalue weighted by Crippen LogP contribution is 2.25. The molecular weight excluding hydrogens is 405 g/mol. The van der Waals surface area contributed by atoms with Gasteiger partial charge < -0.3 is 4.74 Å². The molecule has 7 heteroatoms. The summed E-state index contributed by atoms with van der Waals surface area (Å²) in [6.45, 7) is 0.398. The first-order valence-electron chi connectivity index (χ1n) is 8.08. The van der Waals surface area contributed by atoms with Crippen molar-refractivity contribution in [2.45, 2.75) is 11.5 Å². The van der Waals surface area contributed by atoms with Gasteiger partial charge in [0.1, 0.15) is 12.4 Å². The molecule has 0 spiro atoms. The molecular formula is C20H17Cl2NO3S. The fourth-order valence-corrected chi connectivity index (χ4v) is 3.85. The lowest BCUT2D eigenvalue weighted by atomic mass is 10.2. The topological polar surface area (TPSA) is 46.6 Å². The third-order valence-corrected chi connectivity index (χ3v) is 6.29. The molecule has 3 aromatic rings. The van der Waals surface area contributed by atoms with Crippen molar-refractivity contribution in [1.29, 1.82) is 0 Å². The summed E-state index contributed by atoms with van der Waals surface area (Å²) in [5, 5.41) is 1.16. The van der Waals surface area contributed by atoms with Gasteiger partial charge in [0.05, 0.1) is 10.6 Å². The van der Waals surface area contributed by atoms with E-state index in [0.29, 0.717) is 28.1 Å². The van der Waals surface area contributed by atoms with Gasteiger partial charge in [0, 0.05) is 17.1 Å². The summed E-state index contributed by atoms with van der Waals surface area (Å²) in [4.78, 5) is 0.178. The Labute approximate surface area is 169 Å². The molecule has 0 unspecified atom stereocenters. The van der Waals surface area contributed by atoms with E-state index in [1.807, 2.05) is 12.1 Å². The molecule has 0 amide bonds. The van der Waals surface area contributed by atoms with Crippen LogP contribution >= 0.6 is 23.2 Å². The lowest BCUT2D eigenvalue weighted by Gasteiger charge is -2.20. The highest BCUT2D eigenvalue weighted by Gasteiger charge is 2.21. The van der Waals surface area contributed by atoms with E-state index in [2.05, 4.69) is 0 Å². The maximum atomic E-state index is 12.7. The number of halogens is 2. The molecule has 3 aromatic carbocycles. The van der Waals surface area contributed by atoms with Gasteiger partial charge in [-0.1, -0.05) is 35.3 Å². The molecule has 0 aliphatic carbocycles. The second kappa shape index (κ2) is 8.21. The van der Waals surface area contributed by atoms with E-state index >= 15 is 0 Å². The molecule has 0 radical (unpaired) electrons. The SMILES string of the molecule is CN(c1ccc(OCc2ccc(Cl)cc2)cc1)S(=O)(=O)c1ccc(Cl)cc1. The predicted octanol–water partition coefficient (Wildman–Crippen LogP) is 5.40. The quantitative estimate of drug-likeness (QED) is 0.535. The maximum Gasteiger partial charge on any atom is 0.264 e. The molecule has 0 saturated heterocycles. The van der Waals surface area contributed by atoms with Crippen molar-refractivity contribution in [2.75, 3.05) is 11.4 Å². The van der Waals surface area contributed by atoms with Crippen LogP contribution < -0.4 is 9.04 Å². The van der Waals surface area contributed by atoms with Gasteiger partial charge in [-0.25, -0.2) is 8.42 Å². The van der Waals surface area contributed by atoms with Crippen molar-refractivity contribution in [1.82, 2.24) is 0 Å². The zero-order chi connectivity index (χ0) is 19.4. The lowest BCUT2D eigenvalue weighted by molar-refractivity contribution is 0.306. The van der Waals surface area contributed by atoms with E-state index in [9.17, 15) is 8.42 Å². The first-order chi connectivity index (χ1) is 12.9. The average Bonchev–Trinajstić information content (AvgIpc) is 2.68. The minimum atomic E-state index is -3.66. The fourth-order valence-electron chi connectivity index (χ4n) is 2.40. The van der Waals surface area contributed by atoms with Gasteiger partial charge >= 0.3 is 0 Å². The number of hydrogen-bond acceptors (Lipinski definition) is 3. The van der Waals surface area contributed by atoms with Crippen LogP contribution in [0.3, 0.4) is 0 Å². The number of rotatable bonds is 6. The van der Waals surface area contributed by atoms with Crippen LogP contribution in [0.4, 0.5) is 5.69 Å². The van der Waals surface area contributed by atoms with E-state index in [1.54, 1.807) is 48.5 Å². The van der Waals surface area contributed by atoms with E-state index in [-0.39, 0.29) is 4.90 Å². The van der Waals surface area contributed by atoms with Gasteiger partial charge in [-0.15, -0.1) is 0 Å². The molecule has 140 valence electrons. The van der Waals surface area contributed by atoms with Crippen LogP contribution in [0, 0.1) is 0 Å². The largest absolute Gasteiger partial charge is 0.489 e. The highest BCUT2D eigenvalue weighted by molar-refractivity contribution is 7.92. The number of sulfonamides is 1. The Balaban J connectivity index is 1.70. The number of nitrogens with zero attached hydrogens (tertiary/aromatic N) is 1. The van der Waals surface area contributed by atoms with Gasteiger partial charge in [0.15, 0.2) is 0 Å². The third-order valence-electron chi connectivity index (χ3n) is 3.99. The summed E-state index contributed by atoms with van der Waals surface area (Å²) >= 11 is 11.7. The van der Waals surface area contributed by atoms with Crippen molar-refractivity contribution in [3.8, 4) is 5.75 Å². The van der Waals surface area contributed by atoms with Gasteiger partial charge in [-0.2, -0.15) is 0 Å². The monoisotopic (exact) mass is 421 g/mol. The van der Waals surface area contributed by atoms with Gasteiger partial charge in [-0.05, 0) is 66.2 Å². The Morgan fingerprint density at radius 3 is 1.89 bits per heavy atom. The lowest BCUT2D eigenvalue weighted by Crippen LogP contribution is -2.26. The van der Waals surface area contributed by atoms with Crippen LogP contribution in [-0.2, 0) is 16.6 Å². The summed E-state index contributed by atoms with van der Waals surface area (Å²) in [5.74, 6) is 0.644.